The van der Waals surface area contributed by atoms with Gasteiger partial charge in [0, 0.05) is 6.04 Å². The molecule has 1 fully saturated rings. The number of benzene rings is 1. The molecule has 1 aromatic carbocycles. The van der Waals surface area contributed by atoms with Crippen LogP contribution in [0, 0.1) is 0 Å². The maximum absolute atomic E-state index is 12.1. The maximum Gasteiger partial charge on any atom is 0.154 e. The molecular formula is C12H15Cl2NO2S. The maximum atomic E-state index is 12.1. The molecule has 1 N–H and O–H groups in total. The van der Waals surface area contributed by atoms with Crippen LogP contribution in [0.25, 0.3) is 0 Å². The third-order valence-electron chi connectivity index (χ3n) is 3.31. The number of nitrogens with one attached hydrogen (secondary N) is 1. The first-order chi connectivity index (χ1) is 8.42. The van der Waals surface area contributed by atoms with Crippen LogP contribution in [0.3, 0.4) is 0 Å². The molecule has 1 aliphatic heterocycles. The quantitative estimate of drug-likeness (QED) is 0.868. The van der Waals surface area contributed by atoms with E-state index in [4.69, 9.17) is 23.2 Å². The van der Waals surface area contributed by atoms with Crippen molar-refractivity contribution in [3.63, 3.8) is 0 Å². The van der Waals surface area contributed by atoms with Crippen LogP contribution in [0.1, 0.15) is 24.9 Å². The van der Waals surface area contributed by atoms with Crippen LogP contribution >= 0.6 is 23.2 Å². The monoisotopic (exact) mass is 307 g/mol. The van der Waals surface area contributed by atoms with Crippen LogP contribution in [0.4, 0.5) is 0 Å². The lowest BCUT2D eigenvalue weighted by molar-refractivity contribution is 0.572. The van der Waals surface area contributed by atoms with Gasteiger partial charge >= 0.3 is 0 Å². The second-order valence-electron chi connectivity index (χ2n) is 4.58. The number of halogens is 2. The summed E-state index contributed by atoms with van der Waals surface area (Å²) in [4.78, 5) is 0. The molecule has 0 aromatic heterocycles. The van der Waals surface area contributed by atoms with Gasteiger partial charge < -0.3 is 5.32 Å². The summed E-state index contributed by atoms with van der Waals surface area (Å²) in [5.74, 6) is 0.0637. The topological polar surface area (TPSA) is 46.2 Å². The molecule has 0 saturated carbocycles. The fourth-order valence-corrected chi connectivity index (χ4v) is 4.09. The molecule has 0 aliphatic carbocycles. The van der Waals surface area contributed by atoms with Crippen LogP contribution < -0.4 is 5.32 Å². The Morgan fingerprint density at radius 3 is 2.78 bits per heavy atom. The standard InChI is InChI=1S/C12H15Cl2NO2S/c1-8-5-6-15-11(7-18(8,16)17)9-3-2-4-10(13)12(9)14/h2-4,8,11,15H,5-7H2,1H3. The number of rotatable bonds is 1. The van der Waals surface area contributed by atoms with Gasteiger partial charge in [-0.05, 0) is 31.5 Å². The Labute approximate surface area is 117 Å². The molecule has 0 bridgehead atoms. The van der Waals surface area contributed by atoms with Crippen molar-refractivity contribution >= 4 is 33.0 Å². The summed E-state index contributed by atoms with van der Waals surface area (Å²) in [6, 6.07) is 5.01. The van der Waals surface area contributed by atoms with Gasteiger partial charge in [-0.25, -0.2) is 8.42 Å². The Hall–Kier alpha value is -0.290. The van der Waals surface area contributed by atoms with Crippen LogP contribution in [0.15, 0.2) is 18.2 Å². The second kappa shape index (κ2) is 5.37. The summed E-state index contributed by atoms with van der Waals surface area (Å²) in [6.45, 7) is 2.41. The lowest BCUT2D eigenvalue weighted by Gasteiger charge is -2.18. The van der Waals surface area contributed by atoms with Crippen molar-refractivity contribution < 1.29 is 8.42 Å². The molecule has 100 valence electrons. The van der Waals surface area contributed by atoms with Gasteiger partial charge in [-0.3, -0.25) is 0 Å². The van der Waals surface area contributed by atoms with Crippen molar-refractivity contribution in [2.75, 3.05) is 12.3 Å². The lowest BCUT2D eigenvalue weighted by atomic mass is 10.1. The summed E-state index contributed by atoms with van der Waals surface area (Å²) in [5, 5.41) is 3.80. The molecule has 1 aromatic rings. The highest BCUT2D eigenvalue weighted by Crippen LogP contribution is 2.32. The average Bonchev–Trinajstić information content (AvgIpc) is 2.43. The van der Waals surface area contributed by atoms with Gasteiger partial charge in [0.2, 0.25) is 0 Å². The highest BCUT2D eigenvalue weighted by atomic mass is 35.5. The van der Waals surface area contributed by atoms with E-state index in [0.717, 1.165) is 5.56 Å². The Bertz CT molecular complexity index is 545. The predicted molar refractivity (Wildman–Crippen MR) is 75.1 cm³/mol. The predicted octanol–water partition coefficient (Wildman–Crippen LogP) is 2.83. The number of hydrogen-bond donors (Lipinski definition) is 1. The molecule has 1 heterocycles. The molecule has 2 atom stereocenters. The number of hydrogen-bond acceptors (Lipinski definition) is 3. The smallest absolute Gasteiger partial charge is 0.154 e. The van der Waals surface area contributed by atoms with E-state index in [1.807, 2.05) is 6.07 Å². The van der Waals surface area contributed by atoms with Crippen molar-refractivity contribution in [2.24, 2.45) is 0 Å². The second-order valence-corrected chi connectivity index (χ2v) is 7.83. The minimum Gasteiger partial charge on any atom is -0.309 e. The molecule has 6 heteroatoms. The highest BCUT2D eigenvalue weighted by Gasteiger charge is 2.30. The first-order valence-corrected chi connectivity index (χ1v) is 8.28. The highest BCUT2D eigenvalue weighted by molar-refractivity contribution is 7.92. The normalized spacial score (nSPS) is 27.7. The molecule has 0 amide bonds. The van der Waals surface area contributed by atoms with Crippen LogP contribution in [0.5, 0.6) is 0 Å². The van der Waals surface area contributed by atoms with Gasteiger partial charge in [-0.1, -0.05) is 35.3 Å². The van der Waals surface area contributed by atoms with Crippen molar-refractivity contribution in [3.8, 4) is 0 Å². The van der Waals surface area contributed by atoms with E-state index < -0.39 is 9.84 Å². The fraction of sp³-hybridized carbons (Fsp3) is 0.500. The van der Waals surface area contributed by atoms with Gasteiger partial charge in [0.25, 0.3) is 0 Å². The average molecular weight is 308 g/mol. The molecule has 3 nitrogen and oxygen atoms in total. The van der Waals surface area contributed by atoms with Crippen molar-refractivity contribution in [3.05, 3.63) is 33.8 Å². The molecule has 0 radical (unpaired) electrons. The molecule has 1 saturated heterocycles. The van der Waals surface area contributed by atoms with Crippen LogP contribution in [-0.4, -0.2) is 26.0 Å². The van der Waals surface area contributed by atoms with Crippen LogP contribution in [-0.2, 0) is 9.84 Å². The molecule has 0 spiro atoms. The molecule has 1 aliphatic rings. The van der Waals surface area contributed by atoms with E-state index in [1.165, 1.54) is 0 Å². The summed E-state index contributed by atoms with van der Waals surface area (Å²) in [5.41, 5.74) is 0.752. The Morgan fingerprint density at radius 2 is 2.06 bits per heavy atom. The third-order valence-corrected chi connectivity index (χ3v) is 6.40. The fourth-order valence-electron chi connectivity index (χ4n) is 2.09. The van der Waals surface area contributed by atoms with Gasteiger partial charge in [-0.15, -0.1) is 0 Å². The summed E-state index contributed by atoms with van der Waals surface area (Å²) in [6.07, 6.45) is 0.622. The van der Waals surface area contributed by atoms with E-state index in [1.54, 1.807) is 19.1 Å². The first kappa shape index (κ1) is 14.1. The van der Waals surface area contributed by atoms with Gasteiger partial charge in [0.05, 0.1) is 21.0 Å². The molecular weight excluding hydrogens is 293 g/mol. The number of sulfone groups is 1. The van der Waals surface area contributed by atoms with Crippen molar-refractivity contribution in [2.45, 2.75) is 24.6 Å². The largest absolute Gasteiger partial charge is 0.309 e. The SMILES string of the molecule is CC1CCNC(c2cccc(Cl)c2Cl)CS1(=O)=O. The Morgan fingerprint density at radius 1 is 1.33 bits per heavy atom. The molecule has 2 rings (SSSR count). The Balaban J connectivity index is 2.36. The van der Waals surface area contributed by atoms with E-state index >= 15 is 0 Å². The zero-order chi connectivity index (χ0) is 13.3. The minimum absolute atomic E-state index is 0.0637. The van der Waals surface area contributed by atoms with E-state index in [9.17, 15) is 8.42 Å². The zero-order valence-electron chi connectivity index (χ0n) is 9.99. The Kier molecular flexibility index (Phi) is 4.22. The lowest BCUT2D eigenvalue weighted by Crippen LogP contribution is -2.26. The van der Waals surface area contributed by atoms with E-state index in [0.29, 0.717) is 23.0 Å². The summed E-state index contributed by atoms with van der Waals surface area (Å²) < 4.78 is 24.1. The van der Waals surface area contributed by atoms with Gasteiger partial charge in [-0.2, -0.15) is 0 Å². The zero-order valence-corrected chi connectivity index (χ0v) is 12.3. The van der Waals surface area contributed by atoms with Gasteiger partial charge in [0.15, 0.2) is 9.84 Å². The van der Waals surface area contributed by atoms with E-state index in [2.05, 4.69) is 5.32 Å². The van der Waals surface area contributed by atoms with Crippen LogP contribution in [0.2, 0.25) is 10.0 Å². The molecule has 2 unspecified atom stereocenters. The summed E-state index contributed by atoms with van der Waals surface area (Å²) in [7, 11) is -3.09. The summed E-state index contributed by atoms with van der Waals surface area (Å²) >= 11 is 12.1. The first-order valence-electron chi connectivity index (χ1n) is 5.80. The minimum atomic E-state index is -3.09. The van der Waals surface area contributed by atoms with Crippen molar-refractivity contribution in [1.29, 1.82) is 0 Å². The van der Waals surface area contributed by atoms with E-state index in [-0.39, 0.29) is 17.0 Å². The van der Waals surface area contributed by atoms with Gasteiger partial charge in [0.1, 0.15) is 0 Å². The molecule has 18 heavy (non-hydrogen) atoms. The van der Waals surface area contributed by atoms with Crippen molar-refractivity contribution in [1.82, 2.24) is 5.32 Å². The third kappa shape index (κ3) is 2.82.